The summed E-state index contributed by atoms with van der Waals surface area (Å²) in [5.41, 5.74) is 3.70. The van der Waals surface area contributed by atoms with Crippen molar-refractivity contribution in [2.75, 3.05) is 7.11 Å². The van der Waals surface area contributed by atoms with Gasteiger partial charge in [-0.1, -0.05) is 18.2 Å². The number of nitrogens with one attached hydrogen (secondary N) is 2. The summed E-state index contributed by atoms with van der Waals surface area (Å²) in [6, 6.07) is 12.1. The molecule has 9 nitrogen and oxygen atoms in total. The maximum absolute atomic E-state index is 13.0. The fraction of sp³-hybridized carbons (Fsp3) is 0.150. The van der Waals surface area contributed by atoms with Crippen LogP contribution in [0.25, 0.3) is 5.69 Å². The van der Waals surface area contributed by atoms with Crippen LogP contribution in [-0.2, 0) is 16.0 Å². The number of benzene rings is 1. The van der Waals surface area contributed by atoms with E-state index < -0.39 is 17.4 Å². The molecule has 0 atom stereocenters. The molecule has 29 heavy (non-hydrogen) atoms. The minimum Gasteiger partial charge on any atom is -0.469 e. The van der Waals surface area contributed by atoms with Gasteiger partial charge in [-0.15, -0.1) is 0 Å². The molecule has 0 radical (unpaired) electrons. The van der Waals surface area contributed by atoms with Gasteiger partial charge in [-0.25, -0.2) is 10.1 Å². The lowest BCUT2D eigenvalue weighted by Crippen LogP contribution is -2.24. The molecule has 148 valence electrons. The molecule has 1 amide bonds. The van der Waals surface area contributed by atoms with E-state index in [4.69, 9.17) is 4.74 Å². The van der Waals surface area contributed by atoms with Crippen molar-refractivity contribution in [3.8, 4) is 5.69 Å². The number of pyridine rings is 1. The van der Waals surface area contributed by atoms with Gasteiger partial charge in [-0.3, -0.25) is 24.5 Å². The third-order valence-electron chi connectivity index (χ3n) is 4.14. The van der Waals surface area contributed by atoms with Gasteiger partial charge in [0.1, 0.15) is 0 Å². The Morgan fingerprint density at radius 1 is 1.21 bits per heavy atom. The third-order valence-corrected chi connectivity index (χ3v) is 4.14. The van der Waals surface area contributed by atoms with Gasteiger partial charge in [-0.2, -0.15) is 5.10 Å². The van der Waals surface area contributed by atoms with Gasteiger partial charge in [0.25, 0.3) is 11.5 Å². The Bertz CT molecular complexity index is 1100. The minimum atomic E-state index is -0.514. The monoisotopic (exact) mass is 393 g/mol. The molecule has 0 bridgehead atoms. The van der Waals surface area contributed by atoms with Crippen molar-refractivity contribution in [3.63, 3.8) is 0 Å². The Balaban J connectivity index is 1.97. The van der Waals surface area contributed by atoms with Crippen molar-refractivity contribution in [2.45, 2.75) is 13.3 Å². The molecule has 0 saturated carbocycles. The molecule has 3 rings (SSSR count). The number of esters is 1. The summed E-state index contributed by atoms with van der Waals surface area (Å²) < 4.78 is 6.03. The summed E-state index contributed by atoms with van der Waals surface area (Å²) in [5, 5.41) is 6.97. The zero-order chi connectivity index (χ0) is 20.8. The largest absolute Gasteiger partial charge is 0.469 e. The van der Waals surface area contributed by atoms with Crippen LogP contribution in [0.2, 0.25) is 0 Å². The predicted molar refractivity (Wildman–Crippen MR) is 106 cm³/mol. The SMILES string of the molecule is COC(=O)Cc1[nH]n(-c2ccccc2)c(=O)c1/C(C)=N\NC(=O)c1cccnc1. The molecule has 1 aromatic carbocycles. The second kappa shape index (κ2) is 8.79. The topological polar surface area (TPSA) is 118 Å². The number of para-hydroxylation sites is 1. The van der Waals surface area contributed by atoms with E-state index in [1.54, 1.807) is 49.5 Å². The van der Waals surface area contributed by atoms with Crippen LogP contribution in [0.15, 0.2) is 64.8 Å². The fourth-order valence-electron chi connectivity index (χ4n) is 2.71. The number of aromatic amines is 1. The number of hydrazone groups is 1. The number of rotatable bonds is 6. The van der Waals surface area contributed by atoms with Crippen molar-refractivity contribution in [1.29, 1.82) is 0 Å². The van der Waals surface area contributed by atoms with E-state index in [1.807, 2.05) is 6.07 Å². The van der Waals surface area contributed by atoms with Crippen LogP contribution in [0, 0.1) is 0 Å². The molecule has 0 aliphatic carbocycles. The van der Waals surface area contributed by atoms with Gasteiger partial charge >= 0.3 is 5.97 Å². The Kier molecular flexibility index (Phi) is 5.98. The van der Waals surface area contributed by atoms with E-state index in [0.717, 1.165) is 0 Å². The lowest BCUT2D eigenvalue weighted by atomic mass is 10.1. The molecule has 9 heteroatoms. The summed E-state index contributed by atoms with van der Waals surface area (Å²) in [4.78, 5) is 40.8. The summed E-state index contributed by atoms with van der Waals surface area (Å²) in [5.74, 6) is -0.981. The Hall–Kier alpha value is -4.01. The lowest BCUT2D eigenvalue weighted by molar-refractivity contribution is -0.139. The van der Waals surface area contributed by atoms with Crippen molar-refractivity contribution in [1.82, 2.24) is 20.2 Å². The number of aromatic nitrogens is 3. The summed E-state index contributed by atoms with van der Waals surface area (Å²) in [6.45, 7) is 1.57. The first kappa shape index (κ1) is 19.7. The van der Waals surface area contributed by atoms with Crippen LogP contribution in [0.1, 0.15) is 28.5 Å². The van der Waals surface area contributed by atoms with Crippen LogP contribution in [0.3, 0.4) is 0 Å². The van der Waals surface area contributed by atoms with Gasteiger partial charge < -0.3 is 4.74 Å². The zero-order valence-electron chi connectivity index (χ0n) is 15.9. The van der Waals surface area contributed by atoms with Crippen molar-refractivity contribution in [3.05, 3.63) is 82.0 Å². The Morgan fingerprint density at radius 2 is 1.97 bits per heavy atom. The number of carbonyl (C=O) groups excluding carboxylic acids is 2. The maximum Gasteiger partial charge on any atom is 0.311 e. The van der Waals surface area contributed by atoms with Gasteiger partial charge in [0.05, 0.1) is 41.8 Å². The van der Waals surface area contributed by atoms with Crippen molar-refractivity contribution in [2.24, 2.45) is 5.10 Å². The first-order valence-electron chi connectivity index (χ1n) is 8.72. The quantitative estimate of drug-likeness (QED) is 0.373. The van der Waals surface area contributed by atoms with Crippen LogP contribution in [-0.4, -0.2) is 39.5 Å². The average Bonchev–Trinajstić information content (AvgIpc) is 3.08. The van der Waals surface area contributed by atoms with E-state index in [-0.39, 0.29) is 17.7 Å². The number of methoxy groups -OCH3 is 1. The molecule has 0 spiro atoms. The van der Waals surface area contributed by atoms with Crippen LogP contribution in [0.5, 0.6) is 0 Å². The summed E-state index contributed by atoms with van der Waals surface area (Å²) >= 11 is 0. The van der Waals surface area contributed by atoms with Gasteiger partial charge in [0.2, 0.25) is 0 Å². The molecule has 0 unspecified atom stereocenters. The molecular weight excluding hydrogens is 374 g/mol. The number of hydrogen-bond acceptors (Lipinski definition) is 6. The van der Waals surface area contributed by atoms with Crippen LogP contribution >= 0.6 is 0 Å². The average molecular weight is 393 g/mol. The van der Waals surface area contributed by atoms with Gasteiger partial charge in [-0.05, 0) is 31.2 Å². The molecule has 3 aromatic rings. The van der Waals surface area contributed by atoms with E-state index in [0.29, 0.717) is 16.9 Å². The highest BCUT2D eigenvalue weighted by Crippen LogP contribution is 2.10. The van der Waals surface area contributed by atoms with Gasteiger partial charge in [0, 0.05) is 12.4 Å². The molecule has 0 saturated heterocycles. The number of H-pyrrole nitrogens is 1. The molecule has 2 aromatic heterocycles. The molecular formula is C20H19N5O4. The second-order valence-electron chi connectivity index (χ2n) is 6.07. The predicted octanol–water partition coefficient (Wildman–Crippen LogP) is 1.43. The number of ether oxygens (including phenoxy) is 1. The van der Waals surface area contributed by atoms with Crippen molar-refractivity contribution >= 4 is 17.6 Å². The van der Waals surface area contributed by atoms with Crippen LogP contribution < -0.4 is 11.0 Å². The Labute approximate surface area is 166 Å². The highest BCUT2D eigenvalue weighted by Gasteiger charge is 2.20. The number of amides is 1. The van der Waals surface area contributed by atoms with E-state index in [1.165, 1.54) is 18.0 Å². The second-order valence-corrected chi connectivity index (χ2v) is 6.07. The Morgan fingerprint density at radius 3 is 2.62 bits per heavy atom. The highest BCUT2D eigenvalue weighted by atomic mass is 16.5. The standard InChI is InChI=1S/C20H19N5O4/c1-13(22-23-19(27)14-7-6-10-21-12-14)18-16(11-17(26)29-2)24-25(20(18)28)15-8-4-3-5-9-15/h3-10,12,24H,11H2,1-2H3,(H,23,27)/b22-13-. The normalized spacial score (nSPS) is 11.2. The molecule has 2 N–H and O–H groups in total. The minimum absolute atomic E-state index is 0.148. The fourth-order valence-corrected chi connectivity index (χ4v) is 2.71. The first-order chi connectivity index (χ1) is 14.0. The summed E-state index contributed by atoms with van der Waals surface area (Å²) in [7, 11) is 1.27. The third kappa shape index (κ3) is 4.46. The van der Waals surface area contributed by atoms with E-state index >= 15 is 0 Å². The highest BCUT2D eigenvalue weighted by molar-refractivity contribution is 6.02. The zero-order valence-corrected chi connectivity index (χ0v) is 15.9. The molecule has 2 heterocycles. The molecule has 0 fully saturated rings. The number of hydrogen-bond donors (Lipinski definition) is 2. The van der Waals surface area contributed by atoms with Crippen molar-refractivity contribution < 1.29 is 14.3 Å². The number of nitrogens with zero attached hydrogens (tertiary/aromatic N) is 3. The lowest BCUT2D eigenvalue weighted by Gasteiger charge is -2.03. The van der Waals surface area contributed by atoms with Gasteiger partial charge in [0.15, 0.2) is 0 Å². The van der Waals surface area contributed by atoms with E-state index in [9.17, 15) is 14.4 Å². The smallest absolute Gasteiger partial charge is 0.311 e. The van der Waals surface area contributed by atoms with Crippen LogP contribution in [0.4, 0.5) is 0 Å². The first-order valence-corrected chi connectivity index (χ1v) is 8.72. The summed E-state index contributed by atoms with van der Waals surface area (Å²) in [6.07, 6.45) is 2.81. The number of carbonyl (C=O) groups is 2. The molecule has 0 aliphatic rings. The van der Waals surface area contributed by atoms with E-state index in [2.05, 4.69) is 20.6 Å². The molecule has 0 aliphatic heterocycles. The maximum atomic E-state index is 13.0.